The molecule has 26 heavy (non-hydrogen) atoms. The van der Waals surface area contributed by atoms with Crippen molar-refractivity contribution in [2.45, 2.75) is 37.1 Å². The Hall–Kier alpha value is -2.82. The second-order valence-electron chi connectivity index (χ2n) is 7.44. The highest BCUT2D eigenvalue weighted by Gasteiger charge is 2.47. The van der Waals surface area contributed by atoms with Gasteiger partial charge in [0.15, 0.2) is 5.96 Å². The third-order valence-electron chi connectivity index (χ3n) is 5.58. The number of aliphatic imine (C=N–C) groups is 1. The van der Waals surface area contributed by atoms with Gasteiger partial charge in [-0.05, 0) is 54.5 Å². The van der Waals surface area contributed by atoms with E-state index in [9.17, 15) is 9.90 Å². The molecule has 1 heterocycles. The molecule has 134 valence electrons. The van der Waals surface area contributed by atoms with Crippen molar-refractivity contribution in [3.05, 3.63) is 65.2 Å². The van der Waals surface area contributed by atoms with Crippen LogP contribution < -0.4 is 5.73 Å². The average Bonchev–Trinajstić information content (AvgIpc) is 3.46. The molecule has 0 radical (unpaired) electrons. The van der Waals surface area contributed by atoms with Crippen LogP contribution in [-0.2, 0) is 10.3 Å². The van der Waals surface area contributed by atoms with Gasteiger partial charge in [0.05, 0.1) is 5.92 Å². The fourth-order valence-corrected chi connectivity index (χ4v) is 3.82. The largest absolute Gasteiger partial charge is 0.508 e. The van der Waals surface area contributed by atoms with E-state index in [2.05, 4.69) is 17.1 Å². The van der Waals surface area contributed by atoms with Crippen molar-refractivity contribution < 1.29 is 9.90 Å². The van der Waals surface area contributed by atoms with Crippen molar-refractivity contribution in [3.8, 4) is 5.75 Å². The molecule has 2 aromatic rings. The van der Waals surface area contributed by atoms with Crippen molar-refractivity contribution in [2.24, 2.45) is 10.7 Å². The zero-order chi connectivity index (χ0) is 18.5. The first-order valence-electron chi connectivity index (χ1n) is 8.92. The molecule has 1 aliphatic heterocycles. The number of guanidine groups is 1. The number of likely N-dealkylation sites (N-methyl/N-ethyl adjacent to an activating group) is 1. The van der Waals surface area contributed by atoms with Crippen LogP contribution in [0.2, 0.25) is 0 Å². The van der Waals surface area contributed by atoms with Crippen LogP contribution in [0.5, 0.6) is 5.75 Å². The molecule has 2 aromatic carbocycles. The van der Waals surface area contributed by atoms with E-state index in [4.69, 9.17) is 5.73 Å². The smallest absolute Gasteiger partial charge is 0.239 e. The lowest BCUT2D eigenvalue weighted by atomic mass is 9.74. The summed E-state index contributed by atoms with van der Waals surface area (Å²) in [6.45, 7) is 1.90. The van der Waals surface area contributed by atoms with Crippen LogP contribution in [-0.4, -0.2) is 28.9 Å². The van der Waals surface area contributed by atoms with Crippen LogP contribution in [0, 0.1) is 0 Å². The van der Waals surface area contributed by atoms with Gasteiger partial charge in [-0.25, -0.2) is 4.99 Å². The third-order valence-corrected chi connectivity index (χ3v) is 5.58. The Kier molecular flexibility index (Phi) is 3.75. The molecule has 0 saturated heterocycles. The maximum absolute atomic E-state index is 13.1. The number of phenolic OH excluding ortho intramolecular Hbond substituents is 1. The highest BCUT2D eigenvalue weighted by atomic mass is 16.3. The number of amides is 1. The summed E-state index contributed by atoms with van der Waals surface area (Å²) in [6, 6.07) is 15.2. The Balaban J connectivity index is 1.84. The quantitative estimate of drug-likeness (QED) is 0.894. The van der Waals surface area contributed by atoms with E-state index in [1.54, 1.807) is 25.2 Å². The van der Waals surface area contributed by atoms with Crippen LogP contribution in [0.1, 0.15) is 48.3 Å². The van der Waals surface area contributed by atoms with Crippen molar-refractivity contribution in [3.63, 3.8) is 0 Å². The number of phenols is 1. The first-order chi connectivity index (χ1) is 12.4. The summed E-state index contributed by atoms with van der Waals surface area (Å²) in [5, 5.41) is 9.93. The van der Waals surface area contributed by atoms with Gasteiger partial charge in [-0.3, -0.25) is 9.69 Å². The SMILES string of the molecule is CN1C(=O)[C@@H](c2ccc(C3CC3)cc2)[C@@](C)(c2cccc(O)c2)N=C1N. The lowest BCUT2D eigenvalue weighted by molar-refractivity contribution is -0.130. The Morgan fingerprint density at radius 3 is 2.42 bits per heavy atom. The number of hydrogen-bond donors (Lipinski definition) is 2. The summed E-state index contributed by atoms with van der Waals surface area (Å²) >= 11 is 0. The molecule has 1 aliphatic carbocycles. The van der Waals surface area contributed by atoms with Gasteiger partial charge in [-0.2, -0.15) is 0 Å². The monoisotopic (exact) mass is 349 g/mol. The van der Waals surface area contributed by atoms with E-state index in [1.807, 2.05) is 25.1 Å². The molecule has 1 saturated carbocycles. The van der Waals surface area contributed by atoms with E-state index in [1.165, 1.54) is 23.3 Å². The number of aromatic hydroxyl groups is 1. The minimum Gasteiger partial charge on any atom is -0.508 e. The number of nitrogens with zero attached hydrogens (tertiary/aromatic N) is 2. The summed E-state index contributed by atoms with van der Waals surface area (Å²) in [4.78, 5) is 19.2. The van der Waals surface area contributed by atoms with Crippen molar-refractivity contribution >= 4 is 11.9 Å². The number of carbonyl (C=O) groups is 1. The van der Waals surface area contributed by atoms with Crippen LogP contribution in [0.4, 0.5) is 0 Å². The predicted molar refractivity (Wildman–Crippen MR) is 101 cm³/mol. The Morgan fingerprint density at radius 1 is 1.15 bits per heavy atom. The number of rotatable bonds is 3. The zero-order valence-corrected chi connectivity index (χ0v) is 15.0. The molecule has 5 heteroatoms. The van der Waals surface area contributed by atoms with E-state index in [0.717, 1.165) is 11.1 Å². The predicted octanol–water partition coefficient (Wildman–Crippen LogP) is 3.06. The summed E-state index contributed by atoms with van der Waals surface area (Å²) in [5.74, 6) is 0.399. The number of benzene rings is 2. The van der Waals surface area contributed by atoms with E-state index >= 15 is 0 Å². The Labute approximate surface area is 153 Å². The summed E-state index contributed by atoms with van der Waals surface area (Å²) < 4.78 is 0. The van der Waals surface area contributed by atoms with E-state index in [0.29, 0.717) is 5.92 Å². The summed E-state index contributed by atoms with van der Waals surface area (Å²) in [5.41, 5.74) is 8.14. The normalized spacial score (nSPS) is 25.9. The van der Waals surface area contributed by atoms with Crippen molar-refractivity contribution in [1.29, 1.82) is 0 Å². The van der Waals surface area contributed by atoms with Gasteiger partial charge in [0.1, 0.15) is 11.3 Å². The minimum atomic E-state index is -0.881. The average molecular weight is 349 g/mol. The molecule has 2 aliphatic rings. The van der Waals surface area contributed by atoms with Crippen LogP contribution in [0.3, 0.4) is 0 Å². The minimum absolute atomic E-state index is 0.0949. The molecule has 1 fully saturated rings. The molecule has 4 rings (SSSR count). The van der Waals surface area contributed by atoms with Gasteiger partial charge in [-0.1, -0.05) is 36.4 Å². The van der Waals surface area contributed by atoms with Gasteiger partial charge in [0.2, 0.25) is 5.91 Å². The summed E-state index contributed by atoms with van der Waals surface area (Å²) in [6.07, 6.45) is 2.48. The fraction of sp³-hybridized carbons (Fsp3) is 0.333. The molecule has 5 nitrogen and oxygen atoms in total. The lowest BCUT2D eigenvalue weighted by Crippen LogP contribution is -2.52. The number of hydrogen-bond acceptors (Lipinski definition) is 4. The molecule has 0 aromatic heterocycles. The Morgan fingerprint density at radius 2 is 1.81 bits per heavy atom. The first-order valence-corrected chi connectivity index (χ1v) is 8.92. The van der Waals surface area contributed by atoms with Crippen LogP contribution in [0.25, 0.3) is 0 Å². The topological polar surface area (TPSA) is 78.9 Å². The third kappa shape index (κ3) is 2.64. The van der Waals surface area contributed by atoms with Gasteiger partial charge in [0.25, 0.3) is 0 Å². The van der Waals surface area contributed by atoms with E-state index in [-0.39, 0.29) is 17.6 Å². The van der Waals surface area contributed by atoms with Gasteiger partial charge in [0, 0.05) is 7.05 Å². The molecule has 2 atom stereocenters. The second kappa shape index (κ2) is 5.87. The highest BCUT2D eigenvalue weighted by molar-refractivity contribution is 6.02. The van der Waals surface area contributed by atoms with Gasteiger partial charge < -0.3 is 10.8 Å². The maximum atomic E-state index is 13.1. The molecule has 0 spiro atoms. The fourth-order valence-electron chi connectivity index (χ4n) is 3.82. The number of nitrogens with two attached hydrogens (primary N) is 1. The van der Waals surface area contributed by atoms with E-state index < -0.39 is 11.5 Å². The van der Waals surface area contributed by atoms with Gasteiger partial charge >= 0.3 is 0 Å². The summed E-state index contributed by atoms with van der Waals surface area (Å²) in [7, 11) is 1.65. The lowest BCUT2D eigenvalue weighted by Gasteiger charge is -2.41. The van der Waals surface area contributed by atoms with Crippen LogP contribution >= 0.6 is 0 Å². The second-order valence-corrected chi connectivity index (χ2v) is 7.44. The molecular weight excluding hydrogens is 326 g/mol. The highest BCUT2D eigenvalue weighted by Crippen LogP contribution is 2.45. The van der Waals surface area contributed by atoms with Crippen molar-refractivity contribution in [1.82, 2.24) is 4.90 Å². The molecule has 0 unspecified atom stereocenters. The first kappa shape index (κ1) is 16.6. The molecule has 1 amide bonds. The van der Waals surface area contributed by atoms with Gasteiger partial charge in [-0.15, -0.1) is 0 Å². The number of carbonyl (C=O) groups excluding carboxylic acids is 1. The maximum Gasteiger partial charge on any atom is 0.239 e. The molecule has 3 N–H and O–H groups in total. The molecule has 0 bridgehead atoms. The standard InChI is InChI=1S/C21H23N3O2/c1-21(16-4-3-5-17(25)12-16)18(19(26)24(2)20(22)23-21)15-10-8-14(9-11-15)13-6-7-13/h3-5,8-13,18,25H,6-7H2,1-2H3,(H2,22,23)/t18-,21-/m1/s1. The van der Waals surface area contributed by atoms with Crippen molar-refractivity contribution in [2.75, 3.05) is 7.05 Å². The molecular formula is C21H23N3O2. The van der Waals surface area contributed by atoms with Crippen LogP contribution in [0.15, 0.2) is 53.5 Å². The zero-order valence-electron chi connectivity index (χ0n) is 15.0. The Bertz CT molecular complexity index is 886.